The molecule has 5 heterocycles. The number of benzene rings is 7. The lowest BCUT2D eigenvalue weighted by atomic mass is 10.1. The molecular weight excluding hydrogens is 709 g/mol. The summed E-state index contributed by atoms with van der Waals surface area (Å²) in [7, 11) is 0. The molecule has 0 bridgehead atoms. The average Bonchev–Trinajstić information content (AvgIpc) is 4.08. The van der Waals surface area contributed by atoms with Gasteiger partial charge in [-0.1, -0.05) is 110 Å². The highest BCUT2D eigenvalue weighted by Gasteiger charge is 2.23. The van der Waals surface area contributed by atoms with Crippen molar-refractivity contribution in [2.24, 2.45) is 0 Å². The first-order chi connectivity index (χ1) is 28.7. The van der Waals surface area contributed by atoms with Crippen molar-refractivity contribution in [2.75, 3.05) is 0 Å². The third-order valence-electron chi connectivity index (χ3n) is 12.0. The second-order valence-corrected chi connectivity index (χ2v) is 15.1. The molecule has 58 heavy (non-hydrogen) atoms. The zero-order valence-corrected chi connectivity index (χ0v) is 31.8. The minimum atomic E-state index is 0.757. The van der Waals surface area contributed by atoms with Crippen molar-refractivity contribution in [3.8, 4) is 23.1 Å². The fourth-order valence-corrected chi connectivity index (χ4v) is 9.46. The third kappa shape index (κ3) is 4.53. The molecule has 0 spiro atoms. The standard InChI is InChI=1S/C53H36N4O/c1-3-4-24-44-34(2)40-30-41-38-22-12-15-26-46(38)56(50(41)32-48(40)54(44)35-17-7-5-8-18-35)52-28-29-53(58-52)57-47-27-16-13-23-39(47)43-31-42-37-21-11-14-25-45(37)55(49(42)33-51(43)57)36-19-9-6-10-20-36/h3-33H,1H2,2H3/b24-4-. The Morgan fingerprint density at radius 3 is 1.33 bits per heavy atom. The molecule has 274 valence electrons. The number of hydrogen-bond donors (Lipinski definition) is 0. The van der Waals surface area contributed by atoms with E-state index in [1.165, 1.54) is 48.8 Å². The highest BCUT2D eigenvalue weighted by molar-refractivity contribution is 6.19. The minimum Gasteiger partial charge on any atom is -0.424 e. The summed E-state index contributed by atoms with van der Waals surface area (Å²) in [6, 6.07) is 60.9. The molecule has 0 amide bonds. The van der Waals surface area contributed by atoms with Gasteiger partial charge in [-0.2, -0.15) is 0 Å². The topological polar surface area (TPSA) is 32.9 Å². The highest BCUT2D eigenvalue weighted by atomic mass is 16.4. The molecule has 0 N–H and O–H groups in total. The van der Waals surface area contributed by atoms with Crippen LogP contribution >= 0.6 is 0 Å². The van der Waals surface area contributed by atoms with Gasteiger partial charge in [-0.05, 0) is 85.3 Å². The Balaban J connectivity index is 1.12. The molecule has 0 aliphatic carbocycles. The Kier molecular flexibility index (Phi) is 6.93. The van der Waals surface area contributed by atoms with E-state index in [2.05, 4.69) is 208 Å². The Morgan fingerprint density at radius 1 is 0.397 bits per heavy atom. The smallest absolute Gasteiger partial charge is 0.207 e. The predicted molar refractivity (Wildman–Crippen MR) is 243 cm³/mol. The molecule has 0 fully saturated rings. The molecule has 7 aromatic carbocycles. The van der Waals surface area contributed by atoms with Crippen LogP contribution < -0.4 is 0 Å². The van der Waals surface area contributed by atoms with Crippen LogP contribution in [0.2, 0.25) is 0 Å². The highest BCUT2D eigenvalue weighted by Crippen LogP contribution is 2.42. The number of para-hydroxylation sites is 5. The number of aryl methyl sites for hydroxylation is 1. The zero-order chi connectivity index (χ0) is 38.5. The van der Waals surface area contributed by atoms with Crippen LogP contribution in [-0.4, -0.2) is 18.3 Å². The molecule has 12 rings (SSSR count). The largest absolute Gasteiger partial charge is 0.424 e. The maximum Gasteiger partial charge on any atom is 0.207 e. The molecule has 0 aliphatic heterocycles. The van der Waals surface area contributed by atoms with Crippen molar-refractivity contribution in [3.05, 3.63) is 200 Å². The van der Waals surface area contributed by atoms with E-state index in [0.717, 1.165) is 61.9 Å². The van der Waals surface area contributed by atoms with Crippen LogP contribution in [-0.2, 0) is 0 Å². The summed E-state index contributed by atoms with van der Waals surface area (Å²) in [5, 5.41) is 8.42. The number of nitrogens with zero attached hydrogens (tertiary/aromatic N) is 4. The molecule has 12 aromatic rings. The van der Waals surface area contributed by atoms with Crippen molar-refractivity contribution in [2.45, 2.75) is 6.92 Å². The third-order valence-corrected chi connectivity index (χ3v) is 12.0. The number of rotatable bonds is 6. The molecular formula is C53H36N4O. The Hall–Kier alpha value is -7.76. The maximum atomic E-state index is 7.09. The van der Waals surface area contributed by atoms with Crippen LogP contribution in [0, 0.1) is 6.92 Å². The van der Waals surface area contributed by atoms with Gasteiger partial charge in [-0.3, -0.25) is 9.13 Å². The van der Waals surface area contributed by atoms with Crippen molar-refractivity contribution < 1.29 is 4.42 Å². The summed E-state index contributed by atoms with van der Waals surface area (Å²) in [6.07, 6.45) is 6.01. The first-order valence-electron chi connectivity index (χ1n) is 19.7. The van der Waals surface area contributed by atoms with Gasteiger partial charge in [0, 0.05) is 66.9 Å². The van der Waals surface area contributed by atoms with Crippen LogP contribution in [0.3, 0.4) is 0 Å². The predicted octanol–water partition coefficient (Wildman–Crippen LogP) is 14.0. The number of aromatic nitrogens is 4. The summed E-state index contributed by atoms with van der Waals surface area (Å²) in [6.45, 7) is 6.17. The molecule has 0 saturated heterocycles. The average molecular weight is 745 g/mol. The molecule has 5 heteroatoms. The number of furan rings is 1. The van der Waals surface area contributed by atoms with Crippen LogP contribution in [0.25, 0.3) is 106 Å². The van der Waals surface area contributed by atoms with E-state index < -0.39 is 0 Å². The Morgan fingerprint density at radius 2 is 0.810 bits per heavy atom. The summed E-state index contributed by atoms with van der Waals surface area (Å²) in [5.41, 5.74) is 12.4. The van der Waals surface area contributed by atoms with Gasteiger partial charge in [0.05, 0.1) is 38.6 Å². The minimum absolute atomic E-state index is 0.757. The van der Waals surface area contributed by atoms with E-state index >= 15 is 0 Å². The van der Waals surface area contributed by atoms with Gasteiger partial charge in [-0.25, -0.2) is 0 Å². The van der Waals surface area contributed by atoms with Gasteiger partial charge >= 0.3 is 0 Å². The summed E-state index contributed by atoms with van der Waals surface area (Å²) >= 11 is 0. The van der Waals surface area contributed by atoms with Gasteiger partial charge in [0.15, 0.2) is 0 Å². The molecule has 5 nitrogen and oxygen atoms in total. The van der Waals surface area contributed by atoms with Crippen molar-refractivity contribution in [1.29, 1.82) is 0 Å². The van der Waals surface area contributed by atoms with Crippen LogP contribution in [0.1, 0.15) is 11.3 Å². The Labute approximate surface area is 333 Å². The molecule has 0 unspecified atom stereocenters. The maximum absolute atomic E-state index is 7.09. The van der Waals surface area contributed by atoms with Gasteiger partial charge in [0.2, 0.25) is 11.8 Å². The van der Waals surface area contributed by atoms with E-state index in [1.807, 2.05) is 12.2 Å². The second kappa shape index (κ2) is 12.4. The number of hydrogen-bond acceptors (Lipinski definition) is 1. The van der Waals surface area contributed by atoms with E-state index in [9.17, 15) is 0 Å². The van der Waals surface area contributed by atoms with E-state index in [-0.39, 0.29) is 0 Å². The summed E-state index contributed by atoms with van der Waals surface area (Å²) in [4.78, 5) is 0. The summed E-state index contributed by atoms with van der Waals surface area (Å²) < 4.78 is 16.4. The molecule has 5 aromatic heterocycles. The normalized spacial score (nSPS) is 12.2. The van der Waals surface area contributed by atoms with Crippen molar-refractivity contribution >= 4 is 82.4 Å². The van der Waals surface area contributed by atoms with Gasteiger partial charge < -0.3 is 13.6 Å². The number of fused-ring (bicyclic) bond motifs is 10. The molecule has 0 radical (unpaired) electrons. The van der Waals surface area contributed by atoms with Crippen LogP contribution in [0.4, 0.5) is 0 Å². The number of allylic oxidation sites excluding steroid dienone is 2. The fourth-order valence-electron chi connectivity index (χ4n) is 9.46. The van der Waals surface area contributed by atoms with Gasteiger partial charge in [0.25, 0.3) is 0 Å². The van der Waals surface area contributed by atoms with Gasteiger partial charge in [-0.15, -0.1) is 0 Å². The quantitative estimate of drug-likeness (QED) is 0.156. The van der Waals surface area contributed by atoms with E-state index in [1.54, 1.807) is 0 Å². The zero-order valence-electron chi connectivity index (χ0n) is 31.8. The fraction of sp³-hybridized carbons (Fsp3) is 0.0189. The van der Waals surface area contributed by atoms with Crippen molar-refractivity contribution in [3.63, 3.8) is 0 Å². The second-order valence-electron chi connectivity index (χ2n) is 15.1. The SMILES string of the molecule is C=C/C=C\c1c(C)c2cc3c4ccccc4n(-c4ccc(-n5c6ccccc6c6cc7c8ccccc8n(-c8ccccc8)c7cc65)o4)c3cc2n1-c1ccccc1. The first-order valence-corrected chi connectivity index (χ1v) is 19.7. The van der Waals surface area contributed by atoms with Crippen LogP contribution in [0.5, 0.6) is 0 Å². The molecule has 0 atom stereocenters. The lowest BCUT2D eigenvalue weighted by Crippen LogP contribution is -1.97. The Bertz CT molecular complexity index is 3640. The van der Waals surface area contributed by atoms with E-state index in [4.69, 9.17) is 4.42 Å². The monoisotopic (exact) mass is 744 g/mol. The van der Waals surface area contributed by atoms with Crippen molar-refractivity contribution in [1.82, 2.24) is 18.3 Å². The van der Waals surface area contributed by atoms with Gasteiger partial charge in [0.1, 0.15) is 0 Å². The first kappa shape index (κ1) is 32.5. The molecule has 0 aliphatic rings. The lowest BCUT2D eigenvalue weighted by molar-refractivity contribution is 0.529. The molecule has 0 saturated carbocycles. The van der Waals surface area contributed by atoms with Crippen LogP contribution in [0.15, 0.2) is 193 Å². The van der Waals surface area contributed by atoms with E-state index in [0.29, 0.717) is 0 Å². The lowest BCUT2D eigenvalue weighted by Gasteiger charge is -2.10. The summed E-state index contributed by atoms with van der Waals surface area (Å²) in [5.74, 6) is 1.52.